The number of hydrogen-bond donors (Lipinski definition) is 1. The average Bonchev–Trinajstić information content (AvgIpc) is 3.72. The molecule has 0 aliphatic carbocycles. The van der Waals surface area contributed by atoms with Gasteiger partial charge >= 0.3 is 5.97 Å². The molecule has 2 aliphatic heterocycles. The SMILES string of the molecule is COC(=O)c1ccc(C(C(=O)NCC2CCCO2)N(C(=O)Cn2nnc3ccccc32)c2ccc3c(c2)OCCO3)cc1. The van der Waals surface area contributed by atoms with Gasteiger partial charge in [-0.25, -0.2) is 9.48 Å². The maximum absolute atomic E-state index is 14.3. The van der Waals surface area contributed by atoms with Crippen LogP contribution in [0.2, 0.25) is 0 Å². The number of fused-ring (bicyclic) bond motifs is 2. The topological polar surface area (TPSA) is 134 Å². The third-order valence-electron chi connectivity index (χ3n) is 7.46. The minimum atomic E-state index is -1.11. The molecule has 2 aliphatic rings. The van der Waals surface area contributed by atoms with Gasteiger partial charge in [0, 0.05) is 24.9 Å². The fourth-order valence-corrected chi connectivity index (χ4v) is 5.31. The Labute approximate surface area is 247 Å². The molecule has 222 valence electrons. The Balaban J connectivity index is 1.41. The van der Waals surface area contributed by atoms with Gasteiger partial charge in [-0.2, -0.15) is 0 Å². The molecule has 0 radical (unpaired) electrons. The number of benzene rings is 3. The van der Waals surface area contributed by atoms with Crippen LogP contribution in [0.3, 0.4) is 0 Å². The van der Waals surface area contributed by atoms with E-state index in [9.17, 15) is 14.4 Å². The number of esters is 1. The Kier molecular flexibility index (Phi) is 8.18. The summed E-state index contributed by atoms with van der Waals surface area (Å²) in [4.78, 5) is 41.9. The van der Waals surface area contributed by atoms with E-state index in [1.165, 1.54) is 16.7 Å². The van der Waals surface area contributed by atoms with Gasteiger partial charge in [0.1, 0.15) is 31.3 Å². The standard InChI is InChI=1S/C31H31N5O7/c1-40-31(39)21-10-8-20(9-11-21)29(30(38)32-18-23-5-4-14-41-23)36(22-12-13-26-27(17-22)43-16-15-42-26)28(37)19-35-25-7-3-2-6-24(25)33-34-35/h2-3,6-13,17,23,29H,4-5,14-16,18-19H2,1H3,(H,32,38). The Morgan fingerprint density at radius 3 is 2.58 bits per heavy atom. The second-order valence-corrected chi connectivity index (χ2v) is 10.2. The van der Waals surface area contributed by atoms with Crippen molar-refractivity contribution in [3.05, 3.63) is 77.9 Å². The highest BCUT2D eigenvalue weighted by atomic mass is 16.6. The van der Waals surface area contributed by atoms with Crippen molar-refractivity contribution in [2.24, 2.45) is 0 Å². The highest BCUT2D eigenvalue weighted by Crippen LogP contribution is 2.37. The third-order valence-corrected chi connectivity index (χ3v) is 7.46. The first kappa shape index (κ1) is 28.2. The number of para-hydroxylation sites is 1. The summed E-state index contributed by atoms with van der Waals surface area (Å²) in [7, 11) is 1.30. The van der Waals surface area contributed by atoms with E-state index in [4.69, 9.17) is 18.9 Å². The number of amides is 2. The molecule has 4 aromatic rings. The van der Waals surface area contributed by atoms with Crippen LogP contribution in [0.5, 0.6) is 11.5 Å². The summed E-state index contributed by atoms with van der Waals surface area (Å²) in [6.45, 7) is 1.52. The maximum atomic E-state index is 14.3. The first-order valence-corrected chi connectivity index (χ1v) is 14.1. The van der Waals surface area contributed by atoms with Gasteiger partial charge in [-0.1, -0.05) is 29.5 Å². The molecule has 2 atom stereocenters. The molecular weight excluding hydrogens is 554 g/mol. The van der Waals surface area contributed by atoms with Gasteiger partial charge in [-0.15, -0.1) is 5.10 Å². The normalized spacial score (nSPS) is 16.4. The summed E-state index contributed by atoms with van der Waals surface area (Å²) >= 11 is 0. The zero-order chi connectivity index (χ0) is 29.8. The van der Waals surface area contributed by atoms with Crippen LogP contribution in [-0.4, -0.2) is 72.4 Å². The summed E-state index contributed by atoms with van der Waals surface area (Å²) in [5.74, 6) is -0.322. The van der Waals surface area contributed by atoms with Crippen LogP contribution < -0.4 is 19.7 Å². The predicted molar refractivity (Wildman–Crippen MR) is 155 cm³/mol. The Morgan fingerprint density at radius 1 is 1.02 bits per heavy atom. The van der Waals surface area contributed by atoms with Gasteiger partial charge in [0.25, 0.3) is 0 Å². The van der Waals surface area contributed by atoms with E-state index in [1.807, 2.05) is 24.3 Å². The minimum absolute atomic E-state index is 0.105. The lowest BCUT2D eigenvalue weighted by molar-refractivity contribution is -0.127. The molecule has 2 amide bonds. The molecule has 3 aromatic carbocycles. The largest absolute Gasteiger partial charge is 0.486 e. The third kappa shape index (κ3) is 6.00. The molecule has 6 rings (SSSR count). The molecule has 2 unspecified atom stereocenters. The van der Waals surface area contributed by atoms with Crippen LogP contribution in [0.25, 0.3) is 11.0 Å². The van der Waals surface area contributed by atoms with E-state index in [0.717, 1.165) is 12.8 Å². The predicted octanol–water partition coefficient (Wildman–Crippen LogP) is 3.06. The number of aromatic nitrogens is 3. The van der Waals surface area contributed by atoms with Crippen LogP contribution >= 0.6 is 0 Å². The molecular formula is C31H31N5O7. The molecule has 1 fully saturated rings. The minimum Gasteiger partial charge on any atom is -0.486 e. The number of methoxy groups -OCH3 is 1. The van der Waals surface area contributed by atoms with Gasteiger partial charge in [0.2, 0.25) is 11.8 Å². The summed E-state index contributed by atoms with van der Waals surface area (Å²) in [6, 6.07) is 17.8. The van der Waals surface area contributed by atoms with E-state index < -0.39 is 23.8 Å². The average molecular weight is 586 g/mol. The van der Waals surface area contributed by atoms with Crippen LogP contribution in [0.15, 0.2) is 66.7 Å². The van der Waals surface area contributed by atoms with Gasteiger partial charge < -0.3 is 24.3 Å². The van der Waals surface area contributed by atoms with Gasteiger partial charge in [0.15, 0.2) is 11.5 Å². The second kappa shape index (κ2) is 12.5. The lowest BCUT2D eigenvalue weighted by Gasteiger charge is -2.32. The van der Waals surface area contributed by atoms with E-state index in [0.29, 0.717) is 65.7 Å². The van der Waals surface area contributed by atoms with Crippen molar-refractivity contribution < 1.29 is 33.3 Å². The van der Waals surface area contributed by atoms with E-state index in [1.54, 1.807) is 42.5 Å². The molecule has 12 nitrogen and oxygen atoms in total. The number of nitrogens with zero attached hydrogens (tertiary/aromatic N) is 4. The summed E-state index contributed by atoms with van der Waals surface area (Å²) in [6.07, 6.45) is 1.65. The number of anilines is 1. The lowest BCUT2D eigenvalue weighted by atomic mass is 10.0. The first-order valence-electron chi connectivity index (χ1n) is 14.1. The highest BCUT2D eigenvalue weighted by molar-refractivity contribution is 6.02. The first-order chi connectivity index (χ1) is 21.0. The zero-order valence-electron chi connectivity index (χ0n) is 23.6. The summed E-state index contributed by atoms with van der Waals surface area (Å²) < 4.78 is 23.6. The number of rotatable bonds is 9. The van der Waals surface area contributed by atoms with Crippen molar-refractivity contribution in [3.63, 3.8) is 0 Å². The van der Waals surface area contributed by atoms with Gasteiger partial charge in [-0.05, 0) is 54.8 Å². The molecule has 0 bridgehead atoms. The molecule has 3 heterocycles. The maximum Gasteiger partial charge on any atom is 0.337 e. The number of ether oxygens (including phenoxy) is 4. The fourth-order valence-electron chi connectivity index (χ4n) is 5.31. The highest BCUT2D eigenvalue weighted by Gasteiger charge is 2.35. The number of carbonyl (C=O) groups excluding carboxylic acids is 3. The zero-order valence-corrected chi connectivity index (χ0v) is 23.6. The number of nitrogens with one attached hydrogen (secondary N) is 1. The molecule has 12 heteroatoms. The Morgan fingerprint density at radius 2 is 1.81 bits per heavy atom. The molecule has 1 N–H and O–H groups in total. The van der Waals surface area contributed by atoms with E-state index in [-0.39, 0.29) is 12.6 Å². The van der Waals surface area contributed by atoms with E-state index in [2.05, 4.69) is 15.6 Å². The van der Waals surface area contributed by atoms with Crippen LogP contribution in [-0.2, 0) is 25.6 Å². The second-order valence-electron chi connectivity index (χ2n) is 10.2. The lowest BCUT2D eigenvalue weighted by Crippen LogP contribution is -2.46. The molecule has 0 spiro atoms. The van der Waals surface area contributed by atoms with Gasteiger partial charge in [-0.3, -0.25) is 14.5 Å². The number of carbonyl (C=O) groups is 3. The van der Waals surface area contributed by atoms with E-state index >= 15 is 0 Å². The Hall–Kier alpha value is -4.97. The Bertz CT molecular complexity index is 1630. The van der Waals surface area contributed by atoms with Crippen molar-refractivity contribution in [1.29, 1.82) is 0 Å². The molecule has 0 saturated carbocycles. The summed E-state index contributed by atoms with van der Waals surface area (Å²) in [5.41, 5.74) is 2.55. The van der Waals surface area contributed by atoms with Crippen molar-refractivity contribution in [1.82, 2.24) is 20.3 Å². The van der Waals surface area contributed by atoms with Gasteiger partial charge in [0.05, 0.1) is 24.3 Å². The number of hydrogen-bond acceptors (Lipinski definition) is 9. The summed E-state index contributed by atoms with van der Waals surface area (Å²) in [5, 5.41) is 11.4. The van der Waals surface area contributed by atoms with Crippen LogP contribution in [0.4, 0.5) is 5.69 Å². The van der Waals surface area contributed by atoms with Crippen molar-refractivity contribution in [3.8, 4) is 11.5 Å². The smallest absolute Gasteiger partial charge is 0.337 e. The molecule has 43 heavy (non-hydrogen) atoms. The van der Waals surface area contributed by atoms with Crippen LogP contribution in [0, 0.1) is 0 Å². The molecule has 1 saturated heterocycles. The molecule has 1 aromatic heterocycles. The van der Waals surface area contributed by atoms with Crippen molar-refractivity contribution >= 4 is 34.5 Å². The quantitative estimate of drug-likeness (QED) is 0.294. The van der Waals surface area contributed by atoms with Crippen LogP contribution in [0.1, 0.15) is 34.8 Å². The van der Waals surface area contributed by atoms with Crippen molar-refractivity contribution in [2.75, 3.05) is 38.4 Å². The monoisotopic (exact) mass is 585 g/mol. The fraction of sp³-hybridized carbons (Fsp3) is 0.323. The van der Waals surface area contributed by atoms with Crippen molar-refractivity contribution in [2.45, 2.75) is 31.5 Å².